The Morgan fingerprint density at radius 3 is 2.54 bits per heavy atom. The van der Waals surface area contributed by atoms with Gasteiger partial charge in [-0.2, -0.15) is 0 Å². The van der Waals surface area contributed by atoms with Gasteiger partial charge in [0.25, 0.3) is 5.91 Å². The Morgan fingerprint density at radius 2 is 1.92 bits per heavy atom. The van der Waals surface area contributed by atoms with Crippen LogP contribution in [-0.4, -0.2) is 43.6 Å². The summed E-state index contributed by atoms with van der Waals surface area (Å²) in [6.07, 6.45) is 1.17. The minimum absolute atomic E-state index is 0.202. The predicted octanol–water partition coefficient (Wildman–Crippen LogP) is 1.71. The number of carbonyl (C=O) groups excluding carboxylic acids is 1. The van der Waals surface area contributed by atoms with Crippen LogP contribution in [0.3, 0.4) is 0 Å². The zero-order chi connectivity index (χ0) is 17.5. The first-order valence-corrected chi connectivity index (χ1v) is 9.41. The monoisotopic (exact) mass is 349 g/mol. The van der Waals surface area contributed by atoms with Crippen LogP contribution in [0.25, 0.3) is 0 Å². The lowest BCUT2D eigenvalue weighted by molar-refractivity contribution is 0.0717. The number of benzene rings is 1. The Kier molecular flexibility index (Phi) is 4.08. The summed E-state index contributed by atoms with van der Waals surface area (Å²) in [4.78, 5) is 18.5. The van der Waals surface area contributed by atoms with E-state index in [9.17, 15) is 13.2 Å². The quantitative estimate of drug-likeness (QED) is 0.824. The molecular weight excluding hydrogens is 330 g/mol. The zero-order valence-corrected chi connectivity index (χ0v) is 14.6. The molecule has 0 fully saturated rings. The number of amides is 1. The van der Waals surface area contributed by atoms with E-state index in [1.165, 1.54) is 10.6 Å². The first-order valence-electron chi connectivity index (χ1n) is 7.56. The van der Waals surface area contributed by atoms with Crippen LogP contribution in [0, 0.1) is 13.8 Å². The van der Waals surface area contributed by atoms with Gasteiger partial charge in [-0.25, -0.2) is 13.4 Å². The van der Waals surface area contributed by atoms with Gasteiger partial charge in [0.15, 0.2) is 5.89 Å². The Balaban J connectivity index is 1.98. The lowest BCUT2D eigenvalue weighted by Crippen LogP contribution is -2.37. The smallest absolute Gasteiger partial charge is 0.291 e. The van der Waals surface area contributed by atoms with E-state index < -0.39 is 10.0 Å². The highest BCUT2D eigenvalue weighted by atomic mass is 32.2. The molecule has 0 bridgehead atoms. The minimum atomic E-state index is -3.42. The van der Waals surface area contributed by atoms with Crippen molar-refractivity contribution >= 4 is 21.6 Å². The molecule has 24 heavy (non-hydrogen) atoms. The summed E-state index contributed by atoms with van der Waals surface area (Å²) in [5.41, 5.74) is 1.93. The van der Waals surface area contributed by atoms with Gasteiger partial charge < -0.3 is 9.32 Å². The number of aryl methyl sites for hydroxylation is 2. The molecule has 2 heterocycles. The third kappa shape index (κ3) is 3.01. The van der Waals surface area contributed by atoms with Crippen molar-refractivity contribution in [3.8, 4) is 0 Å². The molecule has 3 rings (SSSR count). The average Bonchev–Trinajstić information content (AvgIpc) is 2.73. The Hall–Kier alpha value is -2.35. The lowest BCUT2D eigenvalue weighted by Gasteiger charge is -2.22. The molecule has 8 heteroatoms. The SMILES string of the molecule is Cc1nc(C)c(C(=O)N2CCN(S(C)(=O)=O)c3ccccc3C2)o1. The van der Waals surface area contributed by atoms with Gasteiger partial charge in [-0.1, -0.05) is 18.2 Å². The molecule has 1 aromatic heterocycles. The Bertz CT molecular complexity index is 888. The number of hydrogen-bond acceptors (Lipinski definition) is 5. The normalized spacial score (nSPS) is 15.1. The summed E-state index contributed by atoms with van der Waals surface area (Å²) in [5.74, 6) is 0.361. The van der Waals surface area contributed by atoms with Crippen LogP contribution >= 0.6 is 0 Å². The topological polar surface area (TPSA) is 83.7 Å². The van der Waals surface area contributed by atoms with Crippen LogP contribution in [0.2, 0.25) is 0 Å². The second-order valence-corrected chi connectivity index (χ2v) is 7.74. The maximum Gasteiger partial charge on any atom is 0.291 e. The highest BCUT2D eigenvalue weighted by Gasteiger charge is 2.29. The fraction of sp³-hybridized carbons (Fsp3) is 0.375. The number of aromatic nitrogens is 1. The van der Waals surface area contributed by atoms with Crippen LogP contribution in [0.5, 0.6) is 0 Å². The van der Waals surface area contributed by atoms with Crippen LogP contribution in [-0.2, 0) is 16.6 Å². The molecule has 1 aliphatic heterocycles. The van der Waals surface area contributed by atoms with Gasteiger partial charge in [-0.3, -0.25) is 9.10 Å². The number of carbonyl (C=O) groups is 1. The summed E-state index contributed by atoms with van der Waals surface area (Å²) in [6.45, 7) is 4.21. The molecular formula is C16H19N3O4S. The third-order valence-electron chi connectivity index (χ3n) is 3.98. The van der Waals surface area contributed by atoms with E-state index in [0.29, 0.717) is 23.8 Å². The molecule has 0 atom stereocenters. The second kappa shape index (κ2) is 5.94. The lowest BCUT2D eigenvalue weighted by atomic mass is 10.1. The summed E-state index contributed by atoms with van der Waals surface area (Å²) in [6, 6.07) is 7.21. The Labute approximate surface area is 140 Å². The molecule has 128 valence electrons. The molecule has 1 aliphatic rings. The van der Waals surface area contributed by atoms with Gasteiger partial charge in [-0.15, -0.1) is 0 Å². The number of nitrogens with zero attached hydrogens (tertiary/aromatic N) is 3. The predicted molar refractivity (Wildman–Crippen MR) is 89.3 cm³/mol. The first-order chi connectivity index (χ1) is 11.3. The fourth-order valence-corrected chi connectivity index (χ4v) is 3.84. The number of rotatable bonds is 2. The molecule has 0 N–H and O–H groups in total. The molecule has 0 saturated heterocycles. The van der Waals surface area contributed by atoms with E-state index in [-0.39, 0.29) is 24.8 Å². The van der Waals surface area contributed by atoms with Gasteiger partial charge in [-0.05, 0) is 18.6 Å². The van der Waals surface area contributed by atoms with Gasteiger partial charge in [0, 0.05) is 20.0 Å². The van der Waals surface area contributed by atoms with E-state index in [2.05, 4.69) is 4.98 Å². The summed E-state index contributed by atoms with van der Waals surface area (Å²) in [7, 11) is -3.42. The number of hydrogen-bond donors (Lipinski definition) is 0. The summed E-state index contributed by atoms with van der Waals surface area (Å²) < 4.78 is 31.0. The molecule has 0 unspecified atom stereocenters. The van der Waals surface area contributed by atoms with E-state index in [1.807, 2.05) is 12.1 Å². The molecule has 1 aromatic carbocycles. The average molecular weight is 349 g/mol. The van der Waals surface area contributed by atoms with E-state index in [4.69, 9.17) is 4.42 Å². The standard InChI is InChI=1S/C16H19N3O4S/c1-11-15(23-12(2)17-11)16(20)18-8-9-19(24(3,21)22)14-7-5-4-6-13(14)10-18/h4-7H,8-10H2,1-3H3. The number of oxazole rings is 1. The second-order valence-electron chi connectivity index (χ2n) is 5.84. The van der Waals surface area contributed by atoms with Crippen molar-refractivity contribution in [1.29, 1.82) is 0 Å². The minimum Gasteiger partial charge on any atom is -0.436 e. The van der Waals surface area contributed by atoms with E-state index in [1.54, 1.807) is 30.9 Å². The van der Waals surface area contributed by atoms with E-state index >= 15 is 0 Å². The van der Waals surface area contributed by atoms with Gasteiger partial charge >= 0.3 is 0 Å². The molecule has 0 aliphatic carbocycles. The van der Waals surface area contributed by atoms with Gasteiger partial charge in [0.2, 0.25) is 15.8 Å². The van der Waals surface area contributed by atoms with Crippen LogP contribution < -0.4 is 4.31 Å². The number of anilines is 1. The molecule has 0 spiro atoms. The molecule has 2 aromatic rings. The van der Waals surface area contributed by atoms with Crippen LogP contribution in [0.1, 0.15) is 27.7 Å². The largest absolute Gasteiger partial charge is 0.436 e. The summed E-state index contributed by atoms with van der Waals surface area (Å²) in [5, 5.41) is 0. The molecule has 0 saturated carbocycles. The van der Waals surface area contributed by atoms with Gasteiger partial charge in [0.1, 0.15) is 0 Å². The third-order valence-corrected chi connectivity index (χ3v) is 5.16. The van der Waals surface area contributed by atoms with Crippen LogP contribution in [0.15, 0.2) is 28.7 Å². The van der Waals surface area contributed by atoms with Crippen molar-refractivity contribution in [2.24, 2.45) is 0 Å². The zero-order valence-electron chi connectivity index (χ0n) is 13.8. The fourth-order valence-electron chi connectivity index (χ4n) is 2.90. The van der Waals surface area contributed by atoms with Crippen LogP contribution in [0.4, 0.5) is 5.69 Å². The highest BCUT2D eigenvalue weighted by molar-refractivity contribution is 7.92. The maximum absolute atomic E-state index is 12.8. The van der Waals surface area contributed by atoms with Crippen molar-refractivity contribution in [2.45, 2.75) is 20.4 Å². The first kappa shape index (κ1) is 16.5. The Morgan fingerprint density at radius 1 is 1.21 bits per heavy atom. The van der Waals surface area contributed by atoms with Crippen molar-refractivity contribution in [3.63, 3.8) is 0 Å². The van der Waals surface area contributed by atoms with Crippen molar-refractivity contribution < 1.29 is 17.6 Å². The highest BCUT2D eigenvalue weighted by Crippen LogP contribution is 2.28. The summed E-state index contributed by atoms with van der Waals surface area (Å²) >= 11 is 0. The number of para-hydroxylation sites is 1. The number of fused-ring (bicyclic) bond motifs is 1. The van der Waals surface area contributed by atoms with Crippen molar-refractivity contribution in [2.75, 3.05) is 23.7 Å². The van der Waals surface area contributed by atoms with Crippen molar-refractivity contribution in [3.05, 3.63) is 47.2 Å². The molecule has 7 nitrogen and oxygen atoms in total. The molecule has 0 radical (unpaired) electrons. The van der Waals surface area contributed by atoms with E-state index in [0.717, 1.165) is 5.56 Å². The number of sulfonamides is 1. The molecule has 1 amide bonds. The van der Waals surface area contributed by atoms with Crippen molar-refractivity contribution in [1.82, 2.24) is 9.88 Å². The van der Waals surface area contributed by atoms with Gasteiger partial charge in [0.05, 0.1) is 24.2 Å². The maximum atomic E-state index is 12.8.